The molecule has 0 atom stereocenters. The molecule has 0 aliphatic heterocycles. The molecule has 0 saturated heterocycles. The first-order chi connectivity index (χ1) is 14.7. The molecule has 4 nitrogen and oxygen atoms in total. The highest BCUT2D eigenvalue weighted by molar-refractivity contribution is 6.09. The lowest BCUT2D eigenvalue weighted by atomic mass is 10.0. The molecule has 2 aromatic rings. The number of benzene rings is 2. The Balaban J connectivity index is 1.51. The molecule has 0 unspecified atom stereocenters. The summed E-state index contributed by atoms with van der Waals surface area (Å²) in [5, 5.41) is 0. The van der Waals surface area contributed by atoms with E-state index in [1.807, 2.05) is 54.6 Å². The molecule has 2 rings (SSSR count). The summed E-state index contributed by atoms with van der Waals surface area (Å²) in [6.45, 7) is 1.30. The van der Waals surface area contributed by atoms with Crippen LogP contribution in [-0.2, 0) is 16.1 Å². The molecule has 0 aromatic heterocycles. The molecular weight excluding hydrogens is 374 g/mol. The summed E-state index contributed by atoms with van der Waals surface area (Å²) in [5.41, 5.74) is 7.58. The van der Waals surface area contributed by atoms with Gasteiger partial charge in [-0.2, -0.15) is 0 Å². The van der Waals surface area contributed by atoms with Crippen LogP contribution in [0, 0.1) is 0 Å². The predicted octanol–water partition coefficient (Wildman–Crippen LogP) is 5.82. The van der Waals surface area contributed by atoms with E-state index in [2.05, 4.69) is 0 Å². The minimum atomic E-state index is -0.189. The van der Waals surface area contributed by atoms with E-state index in [0.717, 1.165) is 31.4 Å². The minimum absolute atomic E-state index is 0.0466. The van der Waals surface area contributed by atoms with Crippen LogP contribution in [0.3, 0.4) is 0 Å². The van der Waals surface area contributed by atoms with Crippen LogP contribution in [-0.4, -0.2) is 18.3 Å². The van der Waals surface area contributed by atoms with E-state index in [4.69, 9.17) is 10.5 Å². The molecule has 0 spiro atoms. The van der Waals surface area contributed by atoms with E-state index in [-0.39, 0.29) is 11.7 Å². The van der Waals surface area contributed by atoms with Gasteiger partial charge < -0.3 is 10.5 Å². The number of ketones is 1. The maximum absolute atomic E-state index is 12.5. The Kier molecular flexibility index (Phi) is 11.5. The molecule has 0 saturated carbocycles. The van der Waals surface area contributed by atoms with Crippen LogP contribution in [0.25, 0.3) is 0 Å². The van der Waals surface area contributed by atoms with Crippen molar-refractivity contribution in [3.63, 3.8) is 0 Å². The fourth-order valence-electron chi connectivity index (χ4n) is 3.49. The molecule has 0 aliphatic rings. The van der Waals surface area contributed by atoms with Crippen LogP contribution in [0.1, 0.15) is 85.7 Å². The Morgan fingerprint density at radius 3 is 1.97 bits per heavy atom. The maximum atomic E-state index is 12.5. The minimum Gasteiger partial charge on any atom is -0.377 e. The zero-order chi connectivity index (χ0) is 21.4. The summed E-state index contributed by atoms with van der Waals surface area (Å²) in [5.74, 6) is -0.143. The van der Waals surface area contributed by atoms with Crippen molar-refractivity contribution in [3.8, 4) is 0 Å². The van der Waals surface area contributed by atoms with Crippen LogP contribution in [0.2, 0.25) is 0 Å². The first-order valence-corrected chi connectivity index (χ1v) is 11.2. The van der Waals surface area contributed by atoms with Crippen LogP contribution in [0.15, 0.2) is 54.6 Å². The Morgan fingerprint density at radius 2 is 1.30 bits per heavy atom. The van der Waals surface area contributed by atoms with Gasteiger partial charge in [-0.15, -0.1) is 0 Å². The van der Waals surface area contributed by atoms with Gasteiger partial charge in [0.1, 0.15) is 0 Å². The van der Waals surface area contributed by atoms with Gasteiger partial charge >= 0.3 is 0 Å². The highest BCUT2D eigenvalue weighted by atomic mass is 16.5. The number of hydrogen-bond donors (Lipinski definition) is 1. The van der Waals surface area contributed by atoms with Gasteiger partial charge in [-0.05, 0) is 24.5 Å². The molecule has 2 aromatic carbocycles. The van der Waals surface area contributed by atoms with Crippen molar-refractivity contribution in [2.45, 2.75) is 70.8 Å². The number of unbranched alkanes of at least 4 members (excludes halogenated alkanes) is 8. The molecule has 2 N–H and O–H groups in total. The summed E-state index contributed by atoms with van der Waals surface area (Å²) < 4.78 is 5.80. The number of rotatable bonds is 16. The van der Waals surface area contributed by atoms with Gasteiger partial charge in [-0.1, -0.05) is 93.5 Å². The number of ether oxygens (including phenoxy) is 1. The van der Waals surface area contributed by atoms with Crippen molar-refractivity contribution in [3.05, 3.63) is 71.3 Å². The van der Waals surface area contributed by atoms with Gasteiger partial charge in [0.2, 0.25) is 5.91 Å². The zero-order valence-electron chi connectivity index (χ0n) is 18.0. The van der Waals surface area contributed by atoms with Crippen molar-refractivity contribution in [1.82, 2.24) is 0 Å². The maximum Gasteiger partial charge on any atom is 0.217 e. The molecular formula is C26H35NO3. The third-order valence-corrected chi connectivity index (χ3v) is 5.21. The van der Waals surface area contributed by atoms with Crippen LogP contribution in [0.5, 0.6) is 0 Å². The zero-order valence-corrected chi connectivity index (χ0v) is 18.0. The highest BCUT2D eigenvalue weighted by Crippen LogP contribution is 2.14. The lowest BCUT2D eigenvalue weighted by molar-refractivity contribution is -0.118. The average Bonchev–Trinajstić information content (AvgIpc) is 2.77. The Bertz CT molecular complexity index is 758. The Morgan fingerprint density at radius 1 is 0.700 bits per heavy atom. The normalized spacial score (nSPS) is 10.8. The highest BCUT2D eigenvalue weighted by Gasteiger charge is 2.08. The predicted molar refractivity (Wildman–Crippen MR) is 121 cm³/mol. The molecule has 0 aliphatic carbocycles. The van der Waals surface area contributed by atoms with E-state index in [0.29, 0.717) is 24.2 Å². The second-order valence-corrected chi connectivity index (χ2v) is 7.85. The molecule has 0 radical (unpaired) electrons. The Labute approximate surface area is 180 Å². The lowest BCUT2D eigenvalue weighted by Gasteiger charge is -2.07. The number of primary amides is 1. The second kappa shape index (κ2) is 14.5. The van der Waals surface area contributed by atoms with Crippen molar-refractivity contribution in [1.29, 1.82) is 0 Å². The molecule has 0 bridgehead atoms. The third kappa shape index (κ3) is 9.84. The molecule has 162 valence electrons. The molecule has 1 amide bonds. The van der Waals surface area contributed by atoms with Gasteiger partial charge in [-0.3, -0.25) is 9.59 Å². The van der Waals surface area contributed by atoms with Gasteiger partial charge in [0, 0.05) is 24.2 Å². The SMILES string of the molecule is NC(=O)CCCCCCCCCCCOCc1cccc(C(=O)c2ccccc2)c1. The first kappa shape index (κ1) is 23.8. The molecule has 30 heavy (non-hydrogen) atoms. The van der Waals surface area contributed by atoms with Crippen molar-refractivity contribution in [2.75, 3.05) is 6.61 Å². The van der Waals surface area contributed by atoms with Gasteiger partial charge in [0.05, 0.1) is 6.61 Å². The van der Waals surface area contributed by atoms with E-state index in [9.17, 15) is 9.59 Å². The number of nitrogens with two attached hydrogens (primary N) is 1. The van der Waals surface area contributed by atoms with E-state index in [1.54, 1.807) is 0 Å². The van der Waals surface area contributed by atoms with Gasteiger partial charge in [0.25, 0.3) is 0 Å². The first-order valence-electron chi connectivity index (χ1n) is 11.2. The fraction of sp³-hybridized carbons (Fsp3) is 0.462. The summed E-state index contributed by atoms with van der Waals surface area (Å²) in [7, 11) is 0. The van der Waals surface area contributed by atoms with E-state index < -0.39 is 0 Å². The van der Waals surface area contributed by atoms with Crippen LogP contribution < -0.4 is 5.73 Å². The molecule has 4 heteroatoms. The number of carbonyl (C=O) groups is 2. The Hall–Kier alpha value is -2.46. The van der Waals surface area contributed by atoms with Crippen molar-refractivity contribution in [2.24, 2.45) is 5.73 Å². The topological polar surface area (TPSA) is 69.4 Å². The van der Waals surface area contributed by atoms with E-state index in [1.165, 1.54) is 38.5 Å². The lowest BCUT2D eigenvalue weighted by Crippen LogP contribution is -2.09. The summed E-state index contributed by atoms with van der Waals surface area (Å²) in [6, 6.07) is 17.1. The number of amides is 1. The average molecular weight is 410 g/mol. The van der Waals surface area contributed by atoms with Gasteiger partial charge in [0.15, 0.2) is 5.78 Å². The standard InChI is InChI=1S/C26H35NO3/c27-25(28)18-11-6-4-2-1-3-5-7-12-19-30-21-22-14-13-17-24(20-22)26(29)23-15-9-8-10-16-23/h8-10,13-17,20H,1-7,11-12,18-19,21H2,(H2,27,28). The smallest absolute Gasteiger partial charge is 0.217 e. The van der Waals surface area contributed by atoms with E-state index >= 15 is 0 Å². The fourth-order valence-corrected chi connectivity index (χ4v) is 3.49. The largest absolute Gasteiger partial charge is 0.377 e. The van der Waals surface area contributed by atoms with Crippen LogP contribution in [0.4, 0.5) is 0 Å². The second-order valence-electron chi connectivity index (χ2n) is 7.85. The summed E-state index contributed by atoms with van der Waals surface area (Å²) in [6.07, 6.45) is 11.0. The monoisotopic (exact) mass is 409 g/mol. The summed E-state index contributed by atoms with van der Waals surface area (Å²) >= 11 is 0. The van der Waals surface area contributed by atoms with Gasteiger partial charge in [-0.25, -0.2) is 0 Å². The molecule has 0 fully saturated rings. The van der Waals surface area contributed by atoms with Crippen molar-refractivity contribution >= 4 is 11.7 Å². The quantitative estimate of drug-likeness (QED) is 0.280. The van der Waals surface area contributed by atoms with Crippen molar-refractivity contribution < 1.29 is 14.3 Å². The van der Waals surface area contributed by atoms with Crippen LogP contribution >= 0.6 is 0 Å². The number of hydrogen-bond acceptors (Lipinski definition) is 3. The molecule has 0 heterocycles. The summed E-state index contributed by atoms with van der Waals surface area (Å²) in [4.78, 5) is 23.2. The third-order valence-electron chi connectivity index (χ3n) is 5.21. The number of carbonyl (C=O) groups excluding carboxylic acids is 2.